The van der Waals surface area contributed by atoms with Gasteiger partial charge in [-0.15, -0.1) is 0 Å². The highest BCUT2D eigenvalue weighted by atomic mass is 16.4. The number of piperidine rings is 1. The zero-order chi connectivity index (χ0) is 13.1. The lowest BCUT2D eigenvalue weighted by Gasteiger charge is -2.35. The van der Waals surface area contributed by atoms with Gasteiger partial charge in [0.2, 0.25) is 0 Å². The molecule has 3 heteroatoms. The predicted molar refractivity (Wildman–Crippen MR) is 71.6 cm³/mol. The van der Waals surface area contributed by atoms with E-state index in [4.69, 9.17) is 5.11 Å². The molecule has 1 N–H and O–H groups in total. The van der Waals surface area contributed by atoms with Crippen molar-refractivity contribution in [3.8, 4) is 0 Å². The van der Waals surface area contributed by atoms with Crippen LogP contribution in [0.15, 0.2) is 24.3 Å². The SMILES string of the molecule is C[C@@H]1C[C@@H](C)CN(Cc2cccc(C(=O)O)c2)C1. The number of carbonyl (C=O) groups is 1. The molecule has 0 aromatic heterocycles. The van der Waals surface area contributed by atoms with Crippen molar-refractivity contribution < 1.29 is 9.90 Å². The summed E-state index contributed by atoms with van der Waals surface area (Å²) in [6.45, 7) is 7.66. The Kier molecular flexibility index (Phi) is 4.02. The van der Waals surface area contributed by atoms with E-state index in [-0.39, 0.29) is 0 Å². The highest BCUT2D eigenvalue weighted by Gasteiger charge is 2.21. The van der Waals surface area contributed by atoms with Crippen LogP contribution < -0.4 is 0 Å². The van der Waals surface area contributed by atoms with Crippen molar-refractivity contribution in [2.24, 2.45) is 11.8 Å². The summed E-state index contributed by atoms with van der Waals surface area (Å²) in [4.78, 5) is 13.4. The van der Waals surface area contributed by atoms with Crippen LogP contribution >= 0.6 is 0 Å². The lowest BCUT2D eigenvalue weighted by atomic mass is 9.91. The number of aromatic carboxylic acids is 1. The molecule has 0 unspecified atom stereocenters. The van der Waals surface area contributed by atoms with Gasteiger partial charge >= 0.3 is 5.97 Å². The van der Waals surface area contributed by atoms with Crippen molar-refractivity contribution >= 4 is 5.97 Å². The Bertz CT molecular complexity index is 420. The van der Waals surface area contributed by atoms with Gasteiger partial charge in [-0.25, -0.2) is 4.79 Å². The normalized spacial score (nSPS) is 25.0. The highest BCUT2D eigenvalue weighted by molar-refractivity contribution is 5.87. The minimum absolute atomic E-state index is 0.380. The van der Waals surface area contributed by atoms with Crippen molar-refractivity contribution in [1.82, 2.24) is 4.90 Å². The molecule has 0 radical (unpaired) electrons. The monoisotopic (exact) mass is 247 g/mol. The molecule has 2 rings (SSSR count). The molecule has 1 saturated heterocycles. The molecule has 98 valence electrons. The molecule has 3 nitrogen and oxygen atoms in total. The maximum absolute atomic E-state index is 10.9. The molecular formula is C15H21NO2. The largest absolute Gasteiger partial charge is 0.478 e. The zero-order valence-electron chi connectivity index (χ0n) is 11.1. The fraction of sp³-hybridized carbons (Fsp3) is 0.533. The van der Waals surface area contributed by atoms with Crippen molar-refractivity contribution in [2.45, 2.75) is 26.8 Å². The van der Waals surface area contributed by atoms with Crippen LogP contribution in [0, 0.1) is 11.8 Å². The molecule has 0 spiro atoms. The molecule has 1 aromatic rings. The number of carboxylic acids is 1. The first kappa shape index (κ1) is 13.1. The molecule has 18 heavy (non-hydrogen) atoms. The molecule has 0 bridgehead atoms. The van der Waals surface area contributed by atoms with E-state index < -0.39 is 5.97 Å². The maximum Gasteiger partial charge on any atom is 0.335 e. The smallest absolute Gasteiger partial charge is 0.335 e. The van der Waals surface area contributed by atoms with E-state index >= 15 is 0 Å². The second-order valence-electron chi connectivity index (χ2n) is 5.65. The Labute approximate surface area is 108 Å². The van der Waals surface area contributed by atoms with E-state index in [0.717, 1.165) is 37.0 Å². The van der Waals surface area contributed by atoms with Gasteiger partial charge in [0.05, 0.1) is 5.56 Å². The average molecular weight is 247 g/mol. The molecule has 1 aromatic carbocycles. The third-order valence-electron chi connectivity index (χ3n) is 3.52. The third-order valence-corrected chi connectivity index (χ3v) is 3.52. The molecule has 1 aliphatic rings. The molecule has 1 aliphatic heterocycles. The topological polar surface area (TPSA) is 40.5 Å². The predicted octanol–water partition coefficient (Wildman–Crippen LogP) is 2.86. The van der Waals surface area contributed by atoms with Crippen molar-refractivity contribution in [1.29, 1.82) is 0 Å². The van der Waals surface area contributed by atoms with Crippen LogP contribution in [-0.4, -0.2) is 29.1 Å². The van der Waals surface area contributed by atoms with E-state index in [1.54, 1.807) is 12.1 Å². The highest BCUT2D eigenvalue weighted by Crippen LogP contribution is 2.22. The number of benzene rings is 1. The summed E-state index contributed by atoms with van der Waals surface area (Å²) in [6, 6.07) is 7.27. The van der Waals surface area contributed by atoms with Crippen LogP contribution in [-0.2, 0) is 6.54 Å². The summed E-state index contributed by atoms with van der Waals surface area (Å²) >= 11 is 0. The van der Waals surface area contributed by atoms with Gasteiger partial charge in [0.1, 0.15) is 0 Å². The second kappa shape index (κ2) is 5.53. The van der Waals surface area contributed by atoms with E-state index in [0.29, 0.717) is 5.56 Å². The number of carboxylic acid groups (broad SMARTS) is 1. The minimum atomic E-state index is -0.850. The maximum atomic E-state index is 10.9. The third kappa shape index (κ3) is 3.33. The number of rotatable bonds is 3. The van der Waals surface area contributed by atoms with Crippen LogP contribution in [0.5, 0.6) is 0 Å². The fourth-order valence-electron chi connectivity index (χ4n) is 2.98. The molecule has 0 aliphatic carbocycles. The van der Waals surface area contributed by atoms with Gasteiger partial charge in [-0.3, -0.25) is 4.90 Å². The first-order valence-electron chi connectivity index (χ1n) is 6.59. The summed E-state index contributed by atoms with van der Waals surface area (Å²) in [7, 11) is 0. The first-order chi connectivity index (χ1) is 8.54. The van der Waals surface area contributed by atoms with Gasteiger partial charge < -0.3 is 5.11 Å². The Morgan fingerprint density at radius 3 is 2.61 bits per heavy atom. The summed E-state index contributed by atoms with van der Waals surface area (Å²) in [5, 5.41) is 8.99. The number of hydrogen-bond donors (Lipinski definition) is 1. The molecule has 1 fully saturated rings. The molecular weight excluding hydrogens is 226 g/mol. The van der Waals surface area contributed by atoms with Crippen LogP contribution in [0.4, 0.5) is 0 Å². The second-order valence-corrected chi connectivity index (χ2v) is 5.65. The van der Waals surface area contributed by atoms with Gasteiger partial charge in [0, 0.05) is 19.6 Å². The van der Waals surface area contributed by atoms with Crippen LogP contribution in [0.25, 0.3) is 0 Å². The van der Waals surface area contributed by atoms with E-state index in [1.807, 2.05) is 12.1 Å². The van der Waals surface area contributed by atoms with Gasteiger partial charge in [-0.2, -0.15) is 0 Å². The minimum Gasteiger partial charge on any atom is -0.478 e. The van der Waals surface area contributed by atoms with E-state index in [1.165, 1.54) is 6.42 Å². The standard InChI is InChI=1S/C15H21NO2/c1-11-6-12(2)9-16(8-11)10-13-4-3-5-14(7-13)15(17)18/h3-5,7,11-12H,6,8-10H2,1-2H3,(H,17,18)/t11-,12-/m1/s1. The Balaban J connectivity index is 2.04. The molecule has 1 heterocycles. The summed E-state index contributed by atoms with van der Waals surface area (Å²) in [5.41, 5.74) is 1.47. The first-order valence-corrected chi connectivity index (χ1v) is 6.59. The van der Waals surface area contributed by atoms with Crippen molar-refractivity contribution in [3.63, 3.8) is 0 Å². The molecule has 2 atom stereocenters. The molecule has 0 saturated carbocycles. The fourth-order valence-corrected chi connectivity index (χ4v) is 2.98. The quantitative estimate of drug-likeness (QED) is 0.893. The lowest BCUT2D eigenvalue weighted by molar-refractivity contribution is 0.0696. The number of likely N-dealkylation sites (tertiary alicyclic amines) is 1. The van der Waals surface area contributed by atoms with Gasteiger partial charge in [-0.05, 0) is 36.0 Å². The summed E-state index contributed by atoms with van der Waals surface area (Å²) in [5.74, 6) is 0.616. The number of hydrogen-bond acceptors (Lipinski definition) is 2. The van der Waals surface area contributed by atoms with Crippen LogP contribution in [0.2, 0.25) is 0 Å². The van der Waals surface area contributed by atoms with Gasteiger partial charge in [0.25, 0.3) is 0 Å². The van der Waals surface area contributed by atoms with Gasteiger partial charge in [0.15, 0.2) is 0 Å². The van der Waals surface area contributed by atoms with Crippen LogP contribution in [0.1, 0.15) is 36.2 Å². The van der Waals surface area contributed by atoms with Crippen molar-refractivity contribution in [3.05, 3.63) is 35.4 Å². The van der Waals surface area contributed by atoms with Gasteiger partial charge in [-0.1, -0.05) is 26.0 Å². The Morgan fingerprint density at radius 2 is 2.00 bits per heavy atom. The zero-order valence-corrected chi connectivity index (χ0v) is 11.1. The summed E-state index contributed by atoms with van der Waals surface area (Å²) < 4.78 is 0. The molecule has 0 amide bonds. The summed E-state index contributed by atoms with van der Waals surface area (Å²) in [6.07, 6.45) is 1.30. The van der Waals surface area contributed by atoms with E-state index in [9.17, 15) is 4.79 Å². The lowest BCUT2D eigenvalue weighted by Crippen LogP contribution is -2.38. The Hall–Kier alpha value is -1.35. The Morgan fingerprint density at radius 1 is 1.33 bits per heavy atom. The van der Waals surface area contributed by atoms with Crippen molar-refractivity contribution in [2.75, 3.05) is 13.1 Å². The van der Waals surface area contributed by atoms with Crippen LogP contribution in [0.3, 0.4) is 0 Å². The number of nitrogens with zero attached hydrogens (tertiary/aromatic N) is 1. The van der Waals surface area contributed by atoms with E-state index in [2.05, 4.69) is 18.7 Å². The average Bonchev–Trinajstić information content (AvgIpc) is 2.27.